The second-order valence-electron chi connectivity index (χ2n) is 4.91. The molecule has 0 bridgehead atoms. The first-order chi connectivity index (χ1) is 10.7. The normalized spacial score (nSPS) is 10.2. The molecule has 0 aliphatic carbocycles. The summed E-state index contributed by atoms with van der Waals surface area (Å²) in [5, 5.41) is 2.87. The predicted octanol–water partition coefficient (Wildman–Crippen LogP) is 4.89. The minimum Gasteiger partial charge on any atom is -0.321 e. The molecule has 0 aliphatic heterocycles. The van der Waals surface area contributed by atoms with Gasteiger partial charge in [0.25, 0.3) is 5.91 Å². The predicted molar refractivity (Wildman–Crippen MR) is 93.5 cm³/mol. The lowest BCUT2D eigenvalue weighted by atomic mass is 10.0. The molecule has 0 spiro atoms. The first-order valence-electron chi connectivity index (χ1n) is 6.99. The van der Waals surface area contributed by atoms with Crippen molar-refractivity contribution < 1.29 is 4.79 Å². The van der Waals surface area contributed by atoms with Gasteiger partial charge in [-0.2, -0.15) is 0 Å². The van der Waals surface area contributed by atoms with E-state index in [-0.39, 0.29) is 5.91 Å². The quantitative estimate of drug-likeness (QED) is 0.662. The minimum absolute atomic E-state index is 0.138. The molecule has 3 aromatic rings. The third kappa shape index (κ3) is 3.21. The topological polar surface area (TPSA) is 29.1 Å². The van der Waals surface area contributed by atoms with Crippen LogP contribution in [0.5, 0.6) is 0 Å². The molecule has 0 saturated heterocycles. The van der Waals surface area contributed by atoms with Crippen LogP contribution in [0.15, 0.2) is 83.8 Å². The second kappa shape index (κ2) is 6.50. The van der Waals surface area contributed by atoms with Crippen molar-refractivity contribution in [2.75, 3.05) is 5.32 Å². The molecular formula is C19H15NOS. The minimum atomic E-state index is -0.138. The van der Waals surface area contributed by atoms with E-state index in [1.165, 1.54) is 0 Å². The van der Waals surface area contributed by atoms with Crippen LogP contribution in [0.1, 0.15) is 10.4 Å². The Bertz CT molecular complexity index is 782. The fourth-order valence-corrected chi connectivity index (χ4v) is 2.43. The Kier molecular flexibility index (Phi) is 4.26. The molecule has 0 fully saturated rings. The van der Waals surface area contributed by atoms with Crippen molar-refractivity contribution in [1.82, 2.24) is 0 Å². The largest absolute Gasteiger partial charge is 0.321 e. The van der Waals surface area contributed by atoms with E-state index in [0.29, 0.717) is 11.3 Å². The fourth-order valence-electron chi connectivity index (χ4n) is 2.22. The van der Waals surface area contributed by atoms with Crippen LogP contribution in [0.3, 0.4) is 0 Å². The number of para-hydroxylation sites is 1. The first kappa shape index (κ1) is 14.4. The number of rotatable bonds is 3. The van der Waals surface area contributed by atoms with E-state index in [2.05, 4.69) is 17.9 Å². The molecule has 1 amide bonds. The number of thiol groups is 1. The Morgan fingerprint density at radius 1 is 0.727 bits per heavy atom. The molecular weight excluding hydrogens is 290 g/mol. The lowest BCUT2D eigenvalue weighted by molar-refractivity contribution is 0.102. The van der Waals surface area contributed by atoms with Gasteiger partial charge in [0.15, 0.2) is 0 Å². The van der Waals surface area contributed by atoms with Gasteiger partial charge in [-0.05, 0) is 35.4 Å². The van der Waals surface area contributed by atoms with Crippen molar-refractivity contribution in [1.29, 1.82) is 0 Å². The number of carbonyl (C=O) groups is 1. The molecule has 0 radical (unpaired) electrons. The highest BCUT2D eigenvalue weighted by Crippen LogP contribution is 2.21. The summed E-state index contributed by atoms with van der Waals surface area (Å²) in [6, 6.07) is 25.1. The summed E-state index contributed by atoms with van der Waals surface area (Å²) in [6.07, 6.45) is 0. The van der Waals surface area contributed by atoms with E-state index in [1.54, 1.807) is 0 Å². The van der Waals surface area contributed by atoms with Gasteiger partial charge in [0, 0.05) is 10.5 Å². The summed E-state index contributed by atoms with van der Waals surface area (Å²) in [7, 11) is 0. The van der Waals surface area contributed by atoms with Crippen molar-refractivity contribution >= 4 is 24.2 Å². The summed E-state index contributed by atoms with van der Waals surface area (Å²) in [5.41, 5.74) is 3.56. The van der Waals surface area contributed by atoms with E-state index < -0.39 is 0 Å². The van der Waals surface area contributed by atoms with Crippen LogP contribution in [0, 0.1) is 0 Å². The maximum atomic E-state index is 12.3. The van der Waals surface area contributed by atoms with Gasteiger partial charge >= 0.3 is 0 Å². The van der Waals surface area contributed by atoms with Crippen molar-refractivity contribution in [3.8, 4) is 11.1 Å². The van der Waals surface area contributed by atoms with Gasteiger partial charge in [-0.3, -0.25) is 4.79 Å². The Hall–Kier alpha value is -2.52. The maximum absolute atomic E-state index is 12.3. The number of hydrogen-bond donors (Lipinski definition) is 2. The molecule has 0 unspecified atom stereocenters. The standard InChI is InChI=1S/C19H15NOS/c21-19(20-17-8-4-5-9-18(17)22)16-12-10-15(11-13-16)14-6-2-1-3-7-14/h1-13,22H,(H,20,21). The summed E-state index contributed by atoms with van der Waals surface area (Å²) >= 11 is 4.33. The number of amides is 1. The highest BCUT2D eigenvalue weighted by molar-refractivity contribution is 7.80. The van der Waals surface area contributed by atoms with E-state index in [9.17, 15) is 4.79 Å². The Balaban J connectivity index is 1.78. The lowest BCUT2D eigenvalue weighted by Crippen LogP contribution is -2.12. The average molecular weight is 305 g/mol. The van der Waals surface area contributed by atoms with Crippen LogP contribution in [0.25, 0.3) is 11.1 Å². The number of anilines is 1. The third-order valence-electron chi connectivity index (χ3n) is 3.41. The van der Waals surface area contributed by atoms with Crippen molar-refractivity contribution in [3.63, 3.8) is 0 Å². The molecule has 0 atom stereocenters. The maximum Gasteiger partial charge on any atom is 0.255 e. The van der Waals surface area contributed by atoms with Gasteiger partial charge in [0.1, 0.15) is 0 Å². The van der Waals surface area contributed by atoms with Gasteiger partial charge < -0.3 is 5.32 Å². The number of carbonyl (C=O) groups excluding carboxylic acids is 1. The van der Waals surface area contributed by atoms with Crippen LogP contribution in [0.2, 0.25) is 0 Å². The van der Waals surface area contributed by atoms with E-state index >= 15 is 0 Å². The van der Waals surface area contributed by atoms with Crippen LogP contribution in [-0.2, 0) is 0 Å². The highest BCUT2D eigenvalue weighted by Gasteiger charge is 2.08. The van der Waals surface area contributed by atoms with Crippen molar-refractivity contribution in [2.45, 2.75) is 4.90 Å². The van der Waals surface area contributed by atoms with Crippen molar-refractivity contribution in [2.24, 2.45) is 0 Å². The van der Waals surface area contributed by atoms with E-state index in [4.69, 9.17) is 0 Å². The molecule has 3 rings (SSSR count). The fraction of sp³-hybridized carbons (Fsp3) is 0. The van der Waals surface area contributed by atoms with Crippen LogP contribution in [-0.4, -0.2) is 5.91 Å². The zero-order valence-electron chi connectivity index (χ0n) is 11.9. The molecule has 22 heavy (non-hydrogen) atoms. The van der Waals surface area contributed by atoms with Crippen LogP contribution >= 0.6 is 12.6 Å². The molecule has 0 saturated carbocycles. The van der Waals surface area contributed by atoms with Crippen LogP contribution in [0.4, 0.5) is 5.69 Å². The first-order valence-corrected chi connectivity index (χ1v) is 7.43. The summed E-state index contributed by atoms with van der Waals surface area (Å²) in [4.78, 5) is 13.0. The van der Waals surface area contributed by atoms with Crippen LogP contribution < -0.4 is 5.32 Å². The third-order valence-corrected chi connectivity index (χ3v) is 3.80. The monoisotopic (exact) mass is 305 g/mol. The molecule has 3 aromatic carbocycles. The van der Waals surface area contributed by atoms with Gasteiger partial charge in [-0.15, -0.1) is 12.6 Å². The second-order valence-corrected chi connectivity index (χ2v) is 5.40. The Morgan fingerprint density at radius 2 is 1.32 bits per heavy atom. The molecule has 0 aliphatic rings. The van der Waals surface area contributed by atoms with Gasteiger partial charge in [-0.25, -0.2) is 0 Å². The zero-order valence-corrected chi connectivity index (χ0v) is 12.8. The number of hydrogen-bond acceptors (Lipinski definition) is 2. The SMILES string of the molecule is O=C(Nc1ccccc1S)c1ccc(-c2ccccc2)cc1. The molecule has 108 valence electrons. The average Bonchev–Trinajstić information content (AvgIpc) is 2.58. The summed E-state index contributed by atoms with van der Waals surface area (Å²) < 4.78 is 0. The number of benzene rings is 3. The molecule has 0 aromatic heterocycles. The Morgan fingerprint density at radius 3 is 2.00 bits per heavy atom. The van der Waals surface area contributed by atoms with E-state index in [1.807, 2.05) is 78.9 Å². The zero-order chi connectivity index (χ0) is 15.4. The van der Waals surface area contributed by atoms with Crippen molar-refractivity contribution in [3.05, 3.63) is 84.4 Å². The molecule has 3 heteroatoms. The summed E-state index contributed by atoms with van der Waals surface area (Å²) in [5.74, 6) is -0.138. The molecule has 0 heterocycles. The highest BCUT2D eigenvalue weighted by atomic mass is 32.1. The van der Waals surface area contributed by atoms with Gasteiger partial charge in [0.2, 0.25) is 0 Å². The van der Waals surface area contributed by atoms with E-state index in [0.717, 1.165) is 16.0 Å². The Labute approximate surface area is 135 Å². The molecule has 1 N–H and O–H groups in total. The van der Waals surface area contributed by atoms with Gasteiger partial charge in [0.05, 0.1) is 5.69 Å². The number of nitrogens with one attached hydrogen (secondary N) is 1. The smallest absolute Gasteiger partial charge is 0.255 e. The molecule has 2 nitrogen and oxygen atoms in total. The lowest BCUT2D eigenvalue weighted by Gasteiger charge is -2.08. The summed E-state index contributed by atoms with van der Waals surface area (Å²) in [6.45, 7) is 0. The van der Waals surface area contributed by atoms with Gasteiger partial charge in [-0.1, -0.05) is 54.6 Å².